The van der Waals surface area contributed by atoms with E-state index in [4.69, 9.17) is 17.3 Å². The Hall–Kier alpha value is -2.17. The molecule has 2 heterocycles. The summed E-state index contributed by atoms with van der Waals surface area (Å²) >= 11 is 7.38. The first-order valence-corrected chi connectivity index (χ1v) is 9.69. The van der Waals surface area contributed by atoms with Crippen LogP contribution in [-0.4, -0.2) is 35.2 Å². The molecule has 1 aromatic carbocycles. The van der Waals surface area contributed by atoms with E-state index in [1.54, 1.807) is 29.2 Å². The van der Waals surface area contributed by atoms with Crippen LogP contribution in [0.15, 0.2) is 34.9 Å². The van der Waals surface area contributed by atoms with Gasteiger partial charge in [-0.1, -0.05) is 41.6 Å². The van der Waals surface area contributed by atoms with Gasteiger partial charge in [0.15, 0.2) is 0 Å². The first kappa shape index (κ1) is 18.6. The number of piperidine rings is 1. The van der Waals surface area contributed by atoms with Crippen LogP contribution < -0.4 is 11.1 Å². The standard InChI is InChI=1S/C18H19ClN4O2S/c19-13-7-3-2-6-11(13)14-12(10-20)16(21)26-15(14)17(24)22-18(25)23-8-4-1-5-9-23/h2-3,6-7,14-15H,1,4-5,8-9,21H2,(H,22,24,25). The second-order valence-electron chi connectivity index (χ2n) is 6.27. The molecular weight excluding hydrogens is 372 g/mol. The van der Waals surface area contributed by atoms with Gasteiger partial charge in [0, 0.05) is 24.0 Å². The van der Waals surface area contributed by atoms with Gasteiger partial charge in [-0.15, -0.1) is 0 Å². The molecule has 0 saturated carbocycles. The number of hydrogen-bond acceptors (Lipinski definition) is 5. The van der Waals surface area contributed by atoms with Crippen molar-refractivity contribution < 1.29 is 9.59 Å². The Morgan fingerprint density at radius 1 is 1.27 bits per heavy atom. The Morgan fingerprint density at radius 3 is 2.62 bits per heavy atom. The number of allylic oxidation sites excluding steroid dienone is 1. The maximum absolute atomic E-state index is 12.8. The number of rotatable bonds is 2. The third-order valence-corrected chi connectivity index (χ3v) is 6.18. The van der Waals surface area contributed by atoms with E-state index in [1.165, 1.54) is 0 Å². The molecule has 3 N–H and O–H groups in total. The van der Waals surface area contributed by atoms with Crippen LogP contribution >= 0.6 is 23.4 Å². The molecule has 136 valence electrons. The second kappa shape index (κ2) is 8.02. The number of urea groups is 1. The van der Waals surface area contributed by atoms with E-state index >= 15 is 0 Å². The molecule has 1 saturated heterocycles. The summed E-state index contributed by atoms with van der Waals surface area (Å²) in [6.07, 6.45) is 2.97. The highest BCUT2D eigenvalue weighted by Gasteiger charge is 2.42. The Kier molecular flexibility index (Phi) is 5.74. The summed E-state index contributed by atoms with van der Waals surface area (Å²) in [5, 5.41) is 12.0. The Bertz CT molecular complexity index is 799. The highest BCUT2D eigenvalue weighted by Crippen LogP contribution is 2.47. The highest BCUT2D eigenvalue weighted by molar-refractivity contribution is 8.04. The quantitative estimate of drug-likeness (QED) is 0.808. The minimum atomic E-state index is -0.710. The van der Waals surface area contributed by atoms with E-state index < -0.39 is 23.1 Å². The number of nitrogens with one attached hydrogen (secondary N) is 1. The van der Waals surface area contributed by atoms with Crippen molar-refractivity contribution in [2.45, 2.75) is 30.4 Å². The van der Waals surface area contributed by atoms with Crippen molar-refractivity contribution in [2.75, 3.05) is 13.1 Å². The summed E-state index contributed by atoms with van der Waals surface area (Å²) in [5.41, 5.74) is 6.94. The van der Waals surface area contributed by atoms with Gasteiger partial charge >= 0.3 is 6.03 Å². The van der Waals surface area contributed by atoms with Crippen LogP contribution in [0.4, 0.5) is 4.79 Å². The first-order valence-electron chi connectivity index (χ1n) is 8.43. The number of amides is 3. The Balaban J connectivity index is 1.81. The molecule has 3 amide bonds. The van der Waals surface area contributed by atoms with Crippen LogP contribution in [0.5, 0.6) is 0 Å². The monoisotopic (exact) mass is 390 g/mol. The van der Waals surface area contributed by atoms with Gasteiger partial charge in [-0.05, 0) is 30.9 Å². The Labute approximate surface area is 161 Å². The lowest BCUT2D eigenvalue weighted by molar-refractivity contribution is -0.119. The number of hydrogen-bond donors (Lipinski definition) is 2. The molecule has 1 aromatic rings. The van der Waals surface area contributed by atoms with Crippen LogP contribution in [-0.2, 0) is 4.79 Å². The SMILES string of the molecule is N#CC1=C(N)SC(C(=O)NC(=O)N2CCCCC2)C1c1ccccc1Cl. The van der Waals surface area contributed by atoms with Crippen LogP contribution in [0.3, 0.4) is 0 Å². The molecule has 0 bridgehead atoms. The predicted molar refractivity (Wildman–Crippen MR) is 101 cm³/mol. The third-order valence-electron chi connectivity index (χ3n) is 4.63. The summed E-state index contributed by atoms with van der Waals surface area (Å²) < 4.78 is 0. The van der Waals surface area contributed by atoms with Gasteiger partial charge in [0.2, 0.25) is 5.91 Å². The fourth-order valence-corrected chi connectivity index (χ4v) is 4.71. The first-order chi connectivity index (χ1) is 12.5. The zero-order valence-corrected chi connectivity index (χ0v) is 15.6. The van der Waals surface area contributed by atoms with Gasteiger partial charge in [0.25, 0.3) is 0 Å². The van der Waals surface area contributed by atoms with Crippen LogP contribution in [0.1, 0.15) is 30.7 Å². The third kappa shape index (κ3) is 3.67. The lowest BCUT2D eigenvalue weighted by atomic mass is 9.88. The number of imide groups is 1. The zero-order chi connectivity index (χ0) is 18.7. The van der Waals surface area contributed by atoms with Crippen molar-refractivity contribution in [1.82, 2.24) is 10.2 Å². The summed E-state index contributed by atoms with van der Waals surface area (Å²) in [7, 11) is 0. The molecule has 2 aliphatic rings. The van der Waals surface area contributed by atoms with Gasteiger partial charge in [-0.2, -0.15) is 5.26 Å². The molecule has 0 radical (unpaired) electrons. The van der Waals surface area contributed by atoms with Gasteiger partial charge in [-0.25, -0.2) is 4.79 Å². The summed E-state index contributed by atoms with van der Waals surface area (Å²) in [6.45, 7) is 1.30. The van der Waals surface area contributed by atoms with E-state index in [-0.39, 0.29) is 0 Å². The normalized spacial score (nSPS) is 22.8. The summed E-state index contributed by atoms with van der Waals surface area (Å²) in [4.78, 5) is 26.8. The maximum atomic E-state index is 12.8. The number of halogens is 1. The number of likely N-dealkylation sites (tertiary alicyclic amines) is 1. The van der Waals surface area contributed by atoms with Crippen LogP contribution in [0.2, 0.25) is 5.02 Å². The number of thioether (sulfide) groups is 1. The van der Waals surface area contributed by atoms with E-state index in [0.717, 1.165) is 31.0 Å². The largest absolute Gasteiger partial charge is 0.393 e. The smallest absolute Gasteiger partial charge is 0.324 e. The zero-order valence-electron chi connectivity index (χ0n) is 14.1. The molecule has 26 heavy (non-hydrogen) atoms. The fraction of sp³-hybridized carbons (Fsp3) is 0.389. The van der Waals surface area contributed by atoms with Crippen molar-refractivity contribution in [3.05, 3.63) is 45.5 Å². The molecule has 3 rings (SSSR count). The molecule has 1 fully saturated rings. The lowest BCUT2D eigenvalue weighted by Crippen LogP contribution is -2.48. The minimum absolute atomic E-state index is 0.294. The molecule has 2 unspecified atom stereocenters. The number of benzene rings is 1. The molecule has 0 aromatic heterocycles. The number of carbonyl (C=O) groups excluding carboxylic acids is 2. The van der Waals surface area contributed by atoms with E-state index in [9.17, 15) is 14.9 Å². The predicted octanol–water partition coefficient (Wildman–Crippen LogP) is 2.95. The van der Waals surface area contributed by atoms with Crippen LogP contribution in [0.25, 0.3) is 0 Å². The average molecular weight is 391 g/mol. The van der Waals surface area contributed by atoms with Gasteiger partial charge in [0.05, 0.1) is 16.7 Å². The van der Waals surface area contributed by atoms with E-state index in [0.29, 0.717) is 34.3 Å². The number of nitrogens with two attached hydrogens (primary N) is 1. The van der Waals surface area contributed by atoms with Gasteiger partial charge in [-0.3, -0.25) is 10.1 Å². The summed E-state index contributed by atoms with van der Waals surface area (Å²) in [5.74, 6) is -1.03. The number of nitriles is 1. The molecule has 2 aliphatic heterocycles. The molecule has 0 spiro atoms. The summed E-state index contributed by atoms with van der Waals surface area (Å²) in [6, 6.07) is 8.76. The molecule has 8 heteroatoms. The highest BCUT2D eigenvalue weighted by atomic mass is 35.5. The minimum Gasteiger partial charge on any atom is -0.393 e. The second-order valence-corrected chi connectivity index (χ2v) is 7.86. The lowest BCUT2D eigenvalue weighted by Gasteiger charge is -2.27. The molecule has 0 aliphatic carbocycles. The number of nitrogens with zero attached hydrogens (tertiary/aromatic N) is 2. The van der Waals surface area contributed by atoms with E-state index in [1.807, 2.05) is 0 Å². The van der Waals surface area contributed by atoms with Crippen molar-refractivity contribution in [3.63, 3.8) is 0 Å². The van der Waals surface area contributed by atoms with Crippen molar-refractivity contribution in [1.29, 1.82) is 5.26 Å². The van der Waals surface area contributed by atoms with Crippen molar-refractivity contribution in [2.24, 2.45) is 5.73 Å². The molecule has 2 atom stereocenters. The van der Waals surface area contributed by atoms with Crippen molar-refractivity contribution in [3.8, 4) is 6.07 Å². The average Bonchev–Trinajstić information content (AvgIpc) is 2.99. The van der Waals surface area contributed by atoms with Crippen molar-refractivity contribution >= 4 is 35.3 Å². The molecule has 6 nitrogen and oxygen atoms in total. The number of carbonyl (C=O) groups is 2. The van der Waals surface area contributed by atoms with Gasteiger partial charge < -0.3 is 10.6 Å². The van der Waals surface area contributed by atoms with E-state index in [2.05, 4.69) is 11.4 Å². The Morgan fingerprint density at radius 2 is 1.96 bits per heavy atom. The maximum Gasteiger partial charge on any atom is 0.324 e. The molecular formula is C18H19ClN4O2S. The van der Waals surface area contributed by atoms with Gasteiger partial charge in [0.1, 0.15) is 5.25 Å². The topological polar surface area (TPSA) is 99.2 Å². The fourth-order valence-electron chi connectivity index (χ4n) is 3.30. The van der Waals surface area contributed by atoms with Crippen LogP contribution in [0, 0.1) is 11.3 Å².